The van der Waals surface area contributed by atoms with Gasteiger partial charge in [0.05, 0.1) is 11.2 Å². The van der Waals surface area contributed by atoms with Crippen LogP contribution >= 0.6 is 0 Å². The highest BCUT2D eigenvalue weighted by Crippen LogP contribution is 2.41. The predicted octanol–water partition coefficient (Wildman–Crippen LogP) is 3.63. The number of fused-ring (bicyclic) bond motifs is 3. The number of benzene rings is 1. The number of nitrogens with zero attached hydrogens (tertiary/aromatic N) is 3. The summed E-state index contributed by atoms with van der Waals surface area (Å²) in [6.07, 6.45) is -0.805. The van der Waals surface area contributed by atoms with Crippen molar-refractivity contribution in [3.8, 4) is 17.0 Å². The number of rotatable bonds is 2. The molecular weight excluding hydrogens is 357 g/mol. The number of aryl methyl sites for hydroxylation is 1. The second kappa shape index (κ2) is 5.69. The fraction of sp³-hybridized carbons (Fsp3) is 0.368. The number of hydrogen-bond donors (Lipinski definition) is 1. The number of aromatic nitrogens is 3. The Kier molecular flexibility index (Phi) is 3.49. The molecule has 0 saturated carbocycles. The van der Waals surface area contributed by atoms with Crippen molar-refractivity contribution in [2.45, 2.75) is 31.2 Å². The molecule has 1 aromatic carbocycles. The molecule has 0 amide bonds. The molecule has 1 atom stereocenters. The van der Waals surface area contributed by atoms with Crippen LogP contribution in [0, 0.1) is 0 Å². The Morgan fingerprint density at radius 1 is 1.15 bits per heavy atom. The van der Waals surface area contributed by atoms with Crippen LogP contribution in [0.1, 0.15) is 18.5 Å². The van der Waals surface area contributed by atoms with Crippen molar-refractivity contribution >= 4 is 10.9 Å². The standard InChI is InChI=1S/C19H17F3N4O/c20-19(21,22)27-14-1-2-15-12(8-14)7-13(10-24-15)16-9-17-18(3-5-23-11-18)4-6-26(17)25-16/h1-2,7-10,23H,3-6,11H2. The fourth-order valence-corrected chi connectivity index (χ4v) is 4.23. The fourth-order valence-electron chi connectivity index (χ4n) is 4.23. The minimum atomic E-state index is -4.72. The molecule has 1 fully saturated rings. The minimum Gasteiger partial charge on any atom is -0.406 e. The topological polar surface area (TPSA) is 52.0 Å². The molecule has 2 aliphatic rings. The summed E-state index contributed by atoms with van der Waals surface area (Å²) in [6, 6.07) is 8.05. The van der Waals surface area contributed by atoms with Crippen LogP contribution in [0.3, 0.4) is 0 Å². The van der Waals surface area contributed by atoms with Crippen molar-refractivity contribution in [1.29, 1.82) is 0 Å². The van der Waals surface area contributed by atoms with Crippen LogP contribution in [0.2, 0.25) is 0 Å². The third-order valence-corrected chi connectivity index (χ3v) is 5.55. The SMILES string of the molecule is FC(F)(F)Oc1ccc2ncc(-c3cc4n(n3)CCC43CCNC3)cc2c1. The van der Waals surface area contributed by atoms with Gasteiger partial charge in [-0.15, -0.1) is 13.2 Å². The van der Waals surface area contributed by atoms with Crippen molar-refractivity contribution < 1.29 is 17.9 Å². The lowest BCUT2D eigenvalue weighted by atomic mass is 9.82. The summed E-state index contributed by atoms with van der Waals surface area (Å²) in [5.74, 6) is -0.253. The zero-order valence-electron chi connectivity index (χ0n) is 14.4. The summed E-state index contributed by atoms with van der Waals surface area (Å²) in [6.45, 7) is 2.87. The van der Waals surface area contributed by atoms with Gasteiger partial charge in [0.15, 0.2) is 0 Å². The molecule has 1 saturated heterocycles. The third-order valence-electron chi connectivity index (χ3n) is 5.55. The molecule has 0 bridgehead atoms. The maximum absolute atomic E-state index is 12.5. The monoisotopic (exact) mass is 374 g/mol. The van der Waals surface area contributed by atoms with Crippen molar-refractivity contribution in [2.24, 2.45) is 0 Å². The molecule has 1 spiro atoms. The first-order chi connectivity index (χ1) is 12.9. The number of nitrogens with one attached hydrogen (secondary N) is 1. The highest BCUT2D eigenvalue weighted by molar-refractivity contribution is 5.84. The quantitative estimate of drug-likeness (QED) is 0.744. The summed E-state index contributed by atoms with van der Waals surface area (Å²) in [5, 5.41) is 8.72. The maximum Gasteiger partial charge on any atom is 0.573 e. The van der Waals surface area contributed by atoms with Gasteiger partial charge in [-0.2, -0.15) is 5.10 Å². The number of hydrogen-bond acceptors (Lipinski definition) is 4. The molecule has 2 aliphatic heterocycles. The van der Waals surface area contributed by atoms with Crippen molar-refractivity contribution in [2.75, 3.05) is 13.1 Å². The van der Waals surface area contributed by atoms with E-state index in [1.54, 1.807) is 6.20 Å². The Balaban J connectivity index is 1.52. The van der Waals surface area contributed by atoms with Gasteiger partial charge in [-0.05, 0) is 49.7 Å². The lowest BCUT2D eigenvalue weighted by Gasteiger charge is -2.20. The summed E-state index contributed by atoms with van der Waals surface area (Å²) in [5.41, 5.74) is 3.58. The Morgan fingerprint density at radius 3 is 2.81 bits per heavy atom. The van der Waals surface area contributed by atoms with Crippen molar-refractivity contribution in [3.05, 3.63) is 42.2 Å². The molecule has 0 radical (unpaired) electrons. The van der Waals surface area contributed by atoms with Gasteiger partial charge in [-0.1, -0.05) is 0 Å². The molecule has 0 aliphatic carbocycles. The average Bonchev–Trinajstić information content (AvgIpc) is 3.32. The van der Waals surface area contributed by atoms with Gasteiger partial charge in [-0.25, -0.2) is 0 Å². The van der Waals surface area contributed by atoms with Gasteiger partial charge in [-0.3, -0.25) is 9.67 Å². The molecule has 3 aromatic rings. The average molecular weight is 374 g/mol. The summed E-state index contributed by atoms with van der Waals surface area (Å²) in [7, 11) is 0. The molecule has 27 heavy (non-hydrogen) atoms. The van der Waals surface area contributed by atoms with Crippen molar-refractivity contribution in [1.82, 2.24) is 20.1 Å². The Hall–Kier alpha value is -2.61. The molecule has 5 rings (SSSR count). The van der Waals surface area contributed by atoms with E-state index in [0.29, 0.717) is 10.9 Å². The van der Waals surface area contributed by atoms with Crippen LogP contribution in [0.15, 0.2) is 36.5 Å². The highest BCUT2D eigenvalue weighted by Gasteiger charge is 2.42. The maximum atomic E-state index is 12.5. The first kappa shape index (κ1) is 16.6. The van der Waals surface area contributed by atoms with E-state index in [0.717, 1.165) is 43.7 Å². The van der Waals surface area contributed by atoms with Gasteiger partial charge in [0.25, 0.3) is 0 Å². The van der Waals surface area contributed by atoms with E-state index in [-0.39, 0.29) is 11.2 Å². The van der Waals surface area contributed by atoms with E-state index in [4.69, 9.17) is 5.10 Å². The Labute approximate surface area is 153 Å². The van der Waals surface area contributed by atoms with Gasteiger partial charge in [0.1, 0.15) is 5.75 Å². The van der Waals surface area contributed by atoms with E-state index in [1.165, 1.54) is 23.9 Å². The molecule has 8 heteroatoms. The molecule has 1 unspecified atom stereocenters. The molecule has 140 valence electrons. The number of ether oxygens (including phenoxy) is 1. The van der Waals surface area contributed by atoms with Gasteiger partial charge in [0, 0.05) is 41.3 Å². The van der Waals surface area contributed by atoms with Crippen LogP contribution in [0.25, 0.3) is 22.2 Å². The smallest absolute Gasteiger partial charge is 0.406 e. The lowest BCUT2D eigenvalue weighted by Crippen LogP contribution is -2.25. The first-order valence-electron chi connectivity index (χ1n) is 8.87. The minimum absolute atomic E-state index is 0.156. The third kappa shape index (κ3) is 2.84. The summed E-state index contributed by atoms with van der Waals surface area (Å²) < 4.78 is 43.5. The Bertz CT molecular complexity index is 1020. The van der Waals surface area contributed by atoms with E-state index >= 15 is 0 Å². The number of alkyl halides is 3. The Morgan fingerprint density at radius 2 is 2.04 bits per heavy atom. The van der Waals surface area contributed by atoms with E-state index < -0.39 is 6.36 Å². The molecule has 1 N–H and O–H groups in total. The van der Waals surface area contributed by atoms with E-state index in [2.05, 4.69) is 25.8 Å². The number of halogens is 3. The zero-order valence-corrected chi connectivity index (χ0v) is 14.4. The normalized spacial score (nSPS) is 21.9. The summed E-state index contributed by atoms with van der Waals surface area (Å²) in [4.78, 5) is 4.37. The lowest BCUT2D eigenvalue weighted by molar-refractivity contribution is -0.274. The van der Waals surface area contributed by atoms with E-state index in [9.17, 15) is 13.2 Å². The molecule has 5 nitrogen and oxygen atoms in total. The second-order valence-electron chi connectivity index (χ2n) is 7.22. The largest absolute Gasteiger partial charge is 0.573 e. The van der Waals surface area contributed by atoms with Crippen LogP contribution < -0.4 is 10.1 Å². The van der Waals surface area contributed by atoms with E-state index in [1.807, 2.05) is 6.07 Å². The summed E-state index contributed by atoms with van der Waals surface area (Å²) >= 11 is 0. The highest BCUT2D eigenvalue weighted by atomic mass is 19.4. The van der Waals surface area contributed by atoms with Crippen LogP contribution in [0.5, 0.6) is 5.75 Å². The van der Waals surface area contributed by atoms with Crippen molar-refractivity contribution in [3.63, 3.8) is 0 Å². The van der Waals surface area contributed by atoms with Gasteiger partial charge in [0.2, 0.25) is 0 Å². The van der Waals surface area contributed by atoms with Crippen LogP contribution in [0.4, 0.5) is 13.2 Å². The van der Waals surface area contributed by atoms with Gasteiger partial charge < -0.3 is 10.1 Å². The predicted molar refractivity (Wildman–Crippen MR) is 93.4 cm³/mol. The van der Waals surface area contributed by atoms with Crippen LogP contribution in [-0.4, -0.2) is 34.2 Å². The van der Waals surface area contributed by atoms with Gasteiger partial charge >= 0.3 is 6.36 Å². The zero-order chi connectivity index (χ0) is 18.6. The number of pyridine rings is 1. The first-order valence-corrected chi connectivity index (χ1v) is 8.87. The van der Waals surface area contributed by atoms with Crippen LogP contribution in [-0.2, 0) is 12.0 Å². The second-order valence-corrected chi connectivity index (χ2v) is 7.22. The molecule has 4 heterocycles. The molecular formula is C19H17F3N4O. The molecule has 2 aromatic heterocycles.